The SMILES string of the molecule is CNC(=O)C1CNCCN1Cc1cccc(C(N)=O)c1. The van der Waals surface area contributed by atoms with Crippen molar-refractivity contribution in [2.75, 3.05) is 26.7 Å². The molecule has 0 aromatic heterocycles. The van der Waals surface area contributed by atoms with Crippen molar-refractivity contribution < 1.29 is 9.59 Å². The first-order valence-corrected chi connectivity index (χ1v) is 6.67. The van der Waals surface area contributed by atoms with Gasteiger partial charge in [0.25, 0.3) is 0 Å². The van der Waals surface area contributed by atoms with Gasteiger partial charge in [-0.2, -0.15) is 0 Å². The first-order valence-electron chi connectivity index (χ1n) is 6.67. The number of hydrogen-bond acceptors (Lipinski definition) is 4. The van der Waals surface area contributed by atoms with Gasteiger partial charge < -0.3 is 16.4 Å². The van der Waals surface area contributed by atoms with E-state index in [0.29, 0.717) is 18.7 Å². The third kappa shape index (κ3) is 3.34. The zero-order valence-electron chi connectivity index (χ0n) is 11.6. The van der Waals surface area contributed by atoms with E-state index in [1.807, 2.05) is 12.1 Å². The molecule has 20 heavy (non-hydrogen) atoms. The van der Waals surface area contributed by atoms with Gasteiger partial charge in [-0.1, -0.05) is 12.1 Å². The van der Waals surface area contributed by atoms with Crippen molar-refractivity contribution in [2.24, 2.45) is 5.73 Å². The number of nitrogens with one attached hydrogen (secondary N) is 2. The Balaban J connectivity index is 2.12. The summed E-state index contributed by atoms with van der Waals surface area (Å²) in [5.74, 6) is -0.432. The Morgan fingerprint density at radius 3 is 3.00 bits per heavy atom. The number of carbonyl (C=O) groups excluding carboxylic acids is 2. The first kappa shape index (κ1) is 14.5. The maximum absolute atomic E-state index is 11.9. The van der Waals surface area contributed by atoms with E-state index in [0.717, 1.165) is 18.7 Å². The van der Waals surface area contributed by atoms with Gasteiger partial charge in [0.2, 0.25) is 11.8 Å². The van der Waals surface area contributed by atoms with Crippen LogP contribution in [-0.4, -0.2) is 49.4 Å². The van der Waals surface area contributed by atoms with E-state index >= 15 is 0 Å². The van der Waals surface area contributed by atoms with Crippen molar-refractivity contribution >= 4 is 11.8 Å². The van der Waals surface area contributed by atoms with Gasteiger partial charge in [-0.25, -0.2) is 0 Å². The predicted octanol–water partition coefficient (Wildman–Crippen LogP) is -0.695. The molecule has 0 spiro atoms. The molecule has 1 aromatic rings. The molecule has 1 aromatic carbocycles. The number of benzene rings is 1. The van der Waals surface area contributed by atoms with Crippen molar-refractivity contribution in [3.8, 4) is 0 Å². The van der Waals surface area contributed by atoms with E-state index in [4.69, 9.17) is 5.73 Å². The predicted molar refractivity (Wildman–Crippen MR) is 76.1 cm³/mol. The number of primary amides is 1. The lowest BCUT2D eigenvalue weighted by molar-refractivity contribution is -0.126. The zero-order valence-corrected chi connectivity index (χ0v) is 11.6. The highest BCUT2D eigenvalue weighted by molar-refractivity contribution is 5.92. The van der Waals surface area contributed by atoms with E-state index < -0.39 is 5.91 Å². The van der Waals surface area contributed by atoms with E-state index in [9.17, 15) is 9.59 Å². The minimum atomic E-state index is -0.435. The van der Waals surface area contributed by atoms with E-state index in [1.54, 1.807) is 19.2 Å². The Labute approximate surface area is 118 Å². The molecule has 1 unspecified atom stereocenters. The number of nitrogens with zero attached hydrogens (tertiary/aromatic N) is 1. The fraction of sp³-hybridized carbons (Fsp3) is 0.429. The maximum atomic E-state index is 11.9. The fourth-order valence-corrected chi connectivity index (χ4v) is 2.42. The Morgan fingerprint density at radius 1 is 1.50 bits per heavy atom. The third-order valence-corrected chi connectivity index (χ3v) is 3.50. The molecular weight excluding hydrogens is 256 g/mol. The van der Waals surface area contributed by atoms with Crippen molar-refractivity contribution in [2.45, 2.75) is 12.6 Å². The molecule has 1 heterocycles. The monoisotopic (exact) mass is 276 g/mol. The summed E-state index contributed by atoms with van der Waals surface area (Å²) in [5, 5.41) is 5.90. The van der Waals surface area contributed by atoms with Crippen LogP contribution in [0.4, 0.5) is 0 Å². The summed E-state index contributed by atoms with van der Waals surface area (Å²) in [6.07, 6.45) is 0. The zero-order chi connectivity index (χ0) is 14.5. The second-order valence-electron chi connectivity index (χ2n) is 4.87. The second kappa shape index (κ2) is 6.49. The average Bonchev–Trinajstić information content (AvgIpc) is 2.47. The minimum absolute atomic E-state index is 0.00301. The lowest BCUT2D eigenvalue weighted by Crippen LogP contribution is -2.56. The maximum Gasteiger partial charge on any atom is 0.248 e. The molecule has 6 heteroatoms. The third-order valence-electron chi connectivity index (χ3n) is 3.50. The fourth-order valence-electron chi connectivity index (χ4n) is 2.42. The van der Waals surface area contributed by atoms with Crippen molar-refractivity contribution in [3.63, 3.8) is 0 Å². The van der Waals surface area contributed by atoms with Gasteiger partial charge in [0, 0.05) is 38.8 Å². The van der Waals surface area contributed by atoms with Crippen molar-refractivity contribution in [1.82, 2.24) is 15.5 Å². The summed E-state index contributed by atoms with van der Waals surface area (Å²) < 4.78 is 0. The Kier molecular flexibility index (Phi) is 4.70. The molecule has 1 atom stereocenters. The van der Waals surface area contributed by atoms with Crippen molar-refractivity contribution in [1.29, 1.82) is 0 Å². The molecule has 4 N–H and O–H groups in total. The number of carbonyl (C=O) groups is 2. The van der Waals surface area contributed by atoms with Crippen LogP contribution in [-0.2, 0) is 11.3 Å². The van der Waals surface area contributed by atoms with Gasteiger partial charge in [-0.05, 0) is 17.7 Å². The highest BCUT2D eigenvalue weighted by atomic mass is 16.2. The lowest BCUT2D eigenvalue weighted by Gasteiger charge is -2.34. The second-order valence-corrected chi connectivity index (χ2v) is 4.87. The number of nitrogens with two attached hydrogens (primary N) is 1. The van der Waals surface area contributed by atoms with Crippen LogP contribution in [0.1, 0.15) is 15.9 Å². The normalized spacial score (nSPS) is 19.6. The summed E-state index contributed by atoms with van der Waals surface area (Å²) in [5.41, 5.74) is 6.76. The quantitative estimate of drug-likeness (QED) is 0.679. The van der Waals surface area contributed by atoms with E-state index in [-0.39, 0.29) is 11.9 Å². The van der Waals surface area contributed by atoms with Gasteiger partial charge in [0.15, 0.2) is 0 Å². The molecule has 1 fully saturated rings. The minimum Gasteiger partial charge on any atom is -0.366 e. The van der Waals surface area contributed by atoms with Crippen LogP contribution in [0.15, 0.2) is 24.3 Å². The molecular formula is C14H20N4O2. The molecule has 108 valence electrons. The van der Waals surface area contributed by atoms with Gasteiger partial charge in [0.05, 0.1) is 0 Å². The van der Waals surface area contributed by atoms with Gasteiger partial charge in [-0.3, -0.25) is 14.5 Å². The number of rotatable bonds is 4. The average molecular weight is 276 g/mol. The molecule has 0 aliphatic carbocycles. The van der Waals surface area contributed by atoms with Gasteiger partial charge >= 0.3 is 0 Å². The number of hydrogen-bond donors (Lipinski definition) is 3. The molecule has 2 rings (SSSR count). The molecule has 1 aliphatic heterocycles. The van der Waals surface area contributed by atoms with Crippen LogP contribution in [0.3, 0.4) is 0 Å². The number of likely N-dealkylation sites (N-methyl/N-ethyl adjacent to an activating group) is 1. The van der Waals surface area contributed by atoms with E-state index in [1.165, 1.54) is 0 Å². The van der Waals surface area contributed by atoms with Crippen LogP contribution in [0, 0.1) is 0 Å². The molecule has 1 saturated heterocycles. The lowest BCUT2D eigenvalue weighted by atomic mass is 10.1. The Bertz CT molecular complexity index is 504. The highest BCUT2D eigenvalue weighted by Crippen LogP contribution is 2.12. The molecule has 0 bridgehead atoms. The Morgan fingerprint density at radius 2 is 2.30 bits per heavy atom. The molecule has 1 aliphatic rings. The molecule has 0 saturated carbocycles. The van der Waals surface area contributed by atoms with Crippen LogP contribution in [0.25, 0.3) is 0 Å². The summed E-state index contributed by atoms with van der Waals surface area (Å²) in [7, 11) is 1.64. The first-order chi connectivity index (χ1) is 9.61. The van der Waals surface area contributed by atoms with E-state index in [2.05, 4.69) is 15.5 Å². The van der Waals surface area contributed by atoms with Crippen LogP contribution < -0.4 is 16.4 Å². The van der Waals surface area contributed by atoms with Gasteiger partial charge in [-0.15, -0.1) is 0 Å². The van der Waals surface area contributed by atoms with Gasteiger partial charge in [0.1, 0.15) is 6.04 Å². The molecule has 6 nitrogen and oxygen atoms in total. The standard InChI is InChI=1S/C14H20N4O2/c1-16-14(20)12-8-17-5-6-18(12)9-10-3-2-4-11(7-10)13(15)19/h2-4,7,12,17H,5-6,8-9H2,1H3,(H2,15,19)(H,16,20). The molecule has 2 amide bonds. The van der Waals surface area contributed by atoms with Crippen LogP contribution in [0.5, 0.6) is 0 Å². The summed E-state index contributed by atoms with van der Waals surface area (Å²) in [4.78, 5) is 25.2. The largest absolute Gasteiger partial charge is 0.366 e. The topological polar surface area (TPSA) is 87.5 Å². The number of piperazine rings is 1. The van der Waals surface area contributed by atoms with Crippen LogP contribution >= 0.6 is 0 Å². The smallest absolute Gasteiger partial charge is 0.248 e. The summed E-state index contributed by atoms with van der Waals surface area (Å²) >= 11 is 0. The highest BCUT2D eigenvalue weighted by Gasteiger charge is 2.27. The summed E-state index contributed by atoms with van der Waals surface area (Å²) in [6.45, 7) is 2.90. The van der Waals surface area contributed by atoms with Crippen molar-refractivity contribution in [3.05, 3.63) is 35.4 Å². The van der Waals surface area contributed by atoms with Crippen LogP contribution in [0.2, 0.25) is 0 Å². The molecule has 0 radical (unpaired) electrons. The number of amides is 2. The Hall–Kier alpha value is -1.92. The summed E-state index contributed by atoms with van der Waals surface area (Å²) in [6, 6.07) is 7.04.